The Hall–Kier alpha value is -3.44. The van der Waals surface area contributed by atoms with Crippen LogP contribution in [0.15, 0.2) is 30.3 Å². The highest BCUT2D eigenvalue weighted by atomic mass is 19.1. The predicted molar refractivity (Wildman–Crippen MR) is 144 cm³/mol. The van der Waals surface area contributed by atoms with Crippen molar-refractivity contribution in [3.8, 4) is 5.75 Å². The molecular formula is C28H37FN6O4. The molecule has 5 rings (SSSR count). The topological polar surface area (TPSA) is 99.3 Å². The molecule has 39 heavy (non-hydrogen) atoms. The molecule has 0 aliphatic carbocycles. The van der Waals surface area contributed by atoms with Crippen molar-refractivity contribution in [2.45, 2.75) is 51.1 Å². The van der Waals surface area contributed by atoms with Crippen LogP contribution in [0.5, 0.6) is 5.75 Å². The van der Waals surface area contributed by atoms with E-state index in [1.54, 1.807) is 22.8 Å². The molecule has 10 nitrogen and oxygen atoms in total. The third-order valence-corrected chi connectivity index (χ3v) is 8.08. The molecule has 3 saturated heterocycles. The van der Waals surface area contributed by atoms with E-state index in [4.69, 9.17) is 14.5 Å². The van der Waals surface area contributed by atoms with E-state index in [1.165, 1.54) is 24.8 Å². The molecule has 3 fully saturated rings. The molecule has 0 radical (unpaired) electrons. The van der Waals surface area contributed by atoms with Gasteiger partial charge in [0.25, 0.3) is 0 Å². The number of carbonyl (C=O) groups is 2. The predicted octanol–water partition coefficient (Wildman–Crippen LogP) is 3.42. The number of methoxy groups -OCH3 is 1. The van der Waals surface area contributed by atoms with Gasteiger partial charge in [-0.25, -0.2) is 19.0 Å². The highest BCUT2D eigenvalue weighted by Crippen LogP contribution is 2.40. The van der Waals surface area contributed by atoms with E-state index >= 15 is 0 Å². The number of hydrogen-bond acceptors (Lipinski definition) is 7. The fraction of sp³-hybridized carbons (Fsp3) is 0.536. The summed E-state index contributed by atoms with van der Waals surface area (Å²) in [5.74, 6) is 0.931. The van der Waals surface area contributed by atoms with Crippen LogP contribution >= 0.6 is 0 Å². The molecule has 2 aromatic rings. The van der Waals surface area contributed by atoms with E-state index in [0.717, 1.165) is 25.2 Å². The molecule has 0 unspecified atom stereocenters. The van der Waals surface area contributed by atoms with Crippen molar-refractivity contribution in [1.82, 2.24) is 25.6 Å². The van der Waals surface area contributed by atoms with Gasteiger partial charge in [-0.3, -0.25) is 15.8 Å². The summed E-state index contributed by atoms with van der Waals surface area (Å²) < 4.78 is 24.8. The maximum Gasteiger partial charge on any atom is 0.409 e. The van der Waals surface area contributed by atoms with Gasteiger partial charge in [0.15, 0.2) is 0 Å². The van der Waals surface area contributed by atoms with Gasteiger partial charge in [-0.2, -0.15) is 0 Å². The molecule has 0 saturated carbocycles. The zero-order valence-electron chi connectivity index (χ0n) is 22.8. The Morgan fingerprint density at radius 2 is 1.90 bits per heavy atom. The number of benzene rings is 1. The average Bonchev–Trinajstić information content (AvgIpc) is 3.57. The van der Waals surface area contributed by atoms with Gasteiger partial charge in [-0.15, -0.1) is 0 Å². The number of rotatable bonds is 7. The van der Waals surface area contributed by atoms with Gasteiger partial charge in [0, 0.05) is 50.4 Å². The van der Waals surface area contributed by atoms with Gasteiger partial charge >= 0.3 is 12.1 Å². The summed E-state index contributed by atoms with van der Waals surface area (Å²) in [4.78, 5) is 36.6. The summed E-state index contributed by atoms with van der Waals surface area (Å²) in [6, 6.07) is 8.36. The lowest BCUT2D eigenvalue weighted by atomic mass is 9.86. The lowest BCUT2D eigenvalue weighted by Gasteiger charge is -2.43. The fourth-order valence-electron chi connectivity index (χ4n) is 5.96. The van der Waals surface area contributed by atoms with Gasteiger partial charge in [0.1, 0.15) is 17.4 Å². The van der Waals surface area contributed by atoms with E-state index in [2.05, 4.69) is 23.8 Å². The van der Waals surface area contributed by atoms with Crippen molar-refractivity contribution in [2.75, 3.05) is 51.3 Å². The van der Waals surface area contributed by atoms with Crippen LogP contribution in [0.4, 0.5) is 19.8 Å². The highest BCUT2D eigenvalue weighted by molar-refractivity contribution is 5.94. The molecule has 0 bridgehead atoms. The normalized spacial score (nSPS) is 19.3. The van der Waals surface area contributed by atoms with Crippen molar-refractivity contribution in [3.63, 3.8) is 0 Å². The second kappa shape index (κ2) is 11.4. The van der Waals surface area contributed by atoms with Crippen LogP contribution in [0.2, 0.25) is 0 Å². The number of amides is 3. The summed E-state index contributed by atoms with van der Waals surface area (Å²) in [7, 11) is 1.49. The van der Waals surface area contributed by atoms with E-state index in [9.17, 15) is 14.0 Å². The number of aryl methyl sites for hydroxylation is 1. The Labute approximate surface area is 228 Å². The Morgan fingerprint density at radius 1 is 1.15 bits per heavy atom. The molecular weight excluding hydrogens is 503 g/mol. The fourth-order valence-corrected chi connectivity index (χ4v) is 5.96. The van der Waals surface area contributed by atoms with Crippen LogP contribution < -0.4 is 20.5 Å². The number of nitrogens with zero attached hydrogens (tertiary/aromatic N) is 4. The zero-order chi connectivity index (χ0) is 27.6. The number of halogens is 1. The minimum absolute atomic E-state index is 0.172. The first-order valence-corrected chi connectivity index (χ1v) is 13.7. The number of pyridine rings is 1. The largest absolute Gasteiger partial charge is 0.497 e. The minimum atomic E-state index is -0.536. The minimum Gasteiger partial charge on any atom is -0.497 e. The maximum atomic E-state index is 14.4. The van der Waals surface area contributed by atoms with Crippen LogP contribution in [-0.2, 0) is 17.7 Å². The standard InChI is InChI=1S/C28H37FN6O4/c1-4-24-23(20-15-30-31-16-20)6-7-25(32-24)34-18-28(8-10-33(11-9-28)27(37)39-5-2)35(26(34)36)17-19-12-21(29)14-22(13-19)38-3/h6-7,12-14,20,30-31H,4-5,8-11,15-18H2,1-3H3. The van der Waals surface area contributed by atoms with Crippen LogP contribution in [0.25, 0.3) is 0 Å². The molecule has 3 aliphatic heterocycles. The smallest absolute Gasteiger partial charge is 0.409 e. The summed E-state index contributed by atoms with van der Waals surface area (Å²) in [6.07, 6.45) is 1.58. The molecule has 11 heteroatoms. The molecule has 210 valence electrons. The Bertz CT molecular complexity index is 1210. The maximum absolute atomic E-state index is 14.4. The number of aromatic nitrogens is 1. The molecule has 4 heterocycles. The van der Waals surface area contributed by atoms with Crippen molar-refractivity contribution >= 4 is 17.9 Å². The first-order valence-electron chi connectivity index (χ1n) is 13.7. The Morgan fingerprint density at radius 3 is 2.56 bits per heavy atom. The van der Waals surface area contributed by atoms with Gasteiger partial charge in [-0.1, -0.05) is 13.0 Å². The highest BCUT2D eigenvalue weighted by Gasteiger charge is 2.52. The number of hydrazine groups is 1. The number of nitrogens with one attached hydrogen (secondary N) is 2. The lowest BCUT2D eigenvalue weighted by Crippen LogP contribution is -2.55. The summed E-state index contributed by atoms with van der Waals surface area (Å²) in [6.45, 7) is 7.45. The molecule has 1 aromatic heterocycles. The number of ether oxygens (including phenoxy) is 2. The Balaban J connectivity index is 1.45. The first-order chi connectivity index (χ1) is 18.9. The van der Waals surface area contributed by atoms with E-state index < -0.39 is 11.4 Å². The number of piperidine rings is 1. The molecule has 2 N–H and O–H groups in total. The SMILES string of the molecule is CCOC(=O)N1CCC2(CC1)CN(c1ccc(C3CNNC3)c(CC)n1)C(=O)N2Cc1cc(F)cc(OC)c1. The van der Waals surface area contributed by atoms with Crippen LogP contribution in [0.3, 0.4) is 0 Å². The number of urea groups is 1. The van der Waals surface area contributed by atoms with Gasteiger partial charge in [-0.05, 0) is 55.5 Å². The van der Waals surface area contributed by atoms with E-state index in [1.807, 2.05) is 11.0 Å². The molecule has 3 amide bonds. The van der Waals surface area contributed by atoms with Crippen molar-refractivity contribution < 1.29 is 23.5 Å². The third kappa shape index (κ3) is 5.38. The van der Waals surface area contributed by atoms with Crippen molar-refractivity contribution in [1.29, 1.82) is 0 Å². The third-order valence-electron chi connectivity index (χ3n) is 8.08. The lowest BCUT2D eigenvalue weighted by molar-refractivity contribution is 0.0553. The van der Waals surface area contributed by atoms with Crippen molar-refractivity contribution in [2.24, 2.45) is 0 Å². The quantitative estimate of drug-likeness (QED) is 0.555. The summed E-state index contributed by atoms with van der Waals surface area (Å²) in [5.41, 5.74) is 8.63. The molecule has 1 aromatic carbocycles. The first kappa shape index (κ1) is 27.1. The van der Waals surface area contributed by atoms with Gasteiger partial charge < -0.3 is 19.3 Å². The second-order valence-electron chi connectivity index (χ2n) is 10.4. The number of anilines is 1. The second-order valence-corrected chi connectivity index (χ2v) is 10.4. The Kier molecular flexibility index (Phi) is 7.90. The summed E-state index contributed by atoms with van der Waals surface area (Å²) >= 11 is 0. The molecule has 1 spiro atoms. The molecule has 0 atom stereocenters. The van der Waals surface area contributed by atoms with Gasteiger partial charge in [0.2, 0.25) is 0 Å². The van der Waals surface area contributed by atoms with Crippen LogP contribution in [0.1, 0.15) is 49.4 Å². The van der Waals surface area contributed by atoms with E-state index in [0.29, 0.717) is 62.1 Å². The van der Waals surface area contributed by atoms with Gasteiger partial charge in [0.05, 0.1) is 25.8 Å². The van der Waals surface area contributed by atoms with Crippen LogP contribution in [0, 0.1) is 5.82 Å². The van der Waals surface area contributed by atoms with Crippen molar-refractivity contribution in [3.05, 3.63) is 53.0 Å². The average molecular weight is 541 g/mol. The number of carbonyl (C=O) groups excluding carboxylic acids is 2. The van der Waals surface area contributed by atoms with E-state index in [-0.39, 0.29) is 18.7 Å². The summed E-state index contributed by atoms with van der Waals surface area (Å²) in [5, 5.41) is 0. The van der Waals surface area contributed by atoms with Crippen LogP contribution in [-0.4, -0.2) is 78.9 Å². The number of likely N-dealkylation sites (tertiary alicyclic amines) is 1. The zero-order valence-corrected chi connectivity index (χ0v) is 22.8. The molecule has 3 aliphatic rings. The number of hydrogen-bond donors (Lipinski definition) is 2. The monoisotopic (exact) mass is 540 g/mol.